The lowest BCUT2D eigenvalue weighted by atomic mass is 10.1. The molecule has 0 fully saturated rings. The van der Waals surface area contributed by atoms with Crippen LogP contribution in [0, 0.1) is 12.3 Å². The first-order valence-electron chi connectivity index (χ1n) is 11.5. The van der Waals surface area contributed by atoms with E-state index in [0.29, 0.717) is 42.6 Å². The summed E-state index contributed by atoms with van der Waals surface area (Å²) >= 11 is 1.64. The smallest absolute Gasteiger partial charge is 0.267 e. The van der Waals surface area contributed by atoms with Gasteiger partial charge in [0.1, 0.15) is 16.8 Å². The number of benzene rings is 1. The second-order valence-corrected chi connectivity index (χ2v) is 9.45. The van der Waals surface area contributed by atoms with Gasteiger partial charge in [-0.1, -0.05) is 42.5 Å². The van der Waals surface area contributed by atoms with E-state index < -0.39 is 0 Å². The van der Waals surface area contributed by atoms with Crippen molar-refractivity contribution in [1.29, 1.82) is 5.41 Å². The average molecular weight is 484 g/mol. The Morgan fingerprint density at radius 2 is 1.89 bits per heavy atom. The second kappa shape index (κ2) is 9.68. The van der Waals surface area contributed by atoms with Crippen LogP contribution in [0.25, 0.3) is 16.7 Å². The molecule has 7 nitrogen and oxygen atoms in total. The molecule has 5 rings (SSSR count). The van der Waals surface area contributed by atoms with Crippen LogP contribution in [-0.2, 0) is 19.4 Å². The van der Waals surface area contributed by atoms with Gasteiger partial charge in [-0.25, -0.2) is 4.98 Å². The predicted octanol–water partition coefficient (Wildman–Crippen LogP) is 3.71. The summed E-state index contributed by atoms with van der Waals surface area (Å²) in [6.45, 7) is 2.78. The van der Waals surface area contributed by atoms with Gasteiger partial charge in [0.15, 0.2) is 0 Å². The van der Waals surface area contributed by atoms with Crippen molar-refractivity contribution in [1.82, 2.24) is 19.3 Å². The number of rotatable bonds is 7. The second-order valence-electron chi connectivity index (χ2n) is 8.42. The zero-order valence-electron chi connectivity index (χ0n) is 19.3. The number of hydrogen-bond acceptors (Lipinski definition) is 5. The van der Waals surface area contributed by atoms with Crippen LogP contribution >= 0.6 is 11.3 Å². The monoisotopic (exact) mass is 483 g/mol. The molecule has 1 amide bonds. The van der Waals surface area contributed by atoms with Gasteiger partial charge >= 0.3 is 0 Å². The molecule has 0 aliphatic heterocycles. The van der Waals surface area contributed by atoms with Crippen molar-refractivity contribution < 1.29 is 4.79 Å². The molecule has 0 saturated heterocycles. The molecule has 0 bridgehead atoms. The van der Waals surface area contributed by atoms with Crippen LogP contribution < -0.4 is 16.4 Å². The van der Waals surface area contributed by atoms with Crippen molar-refractivity contribution in [2.75, 3.05) is 6.54 Å². The number of aromatic nitrogens is 3. The number of pyridine rings is 2. The van der Waals surface area contributed by atoms with Gasteiger partial charge in [0.05, 0.1) is 10.9 Å². The Kier molecular flexibility index (Phi) is 6.29. The molecule has 0 radical (unpaired) electrons. The third kappa shape index (κ3) is 4.52. The number of fused-ring (bicyclic) bond motifs is 2. The largest absolute Gasteiger partial charge is 0.352 e. The van der Waals surface area contributed by atoms with Gasteiger partial charge in [0.2, 0.25) is 0 Å². The predicted molar refractivity (Wildman–Crippen MR) is 138 cm³/mol. The number of carbonyl (C=O) groups excluding carboxylic acids is 1. The molecule has 35 heavy (non-hydrogen) atoms. The summed E-state index contributed by atoms with van der Waals surface area (Å²) in [6, 6.07) is 19.2. The lowest BCUT2D eigenvalue weighted by molar-refractivity contribution is 0.0951. The minimum atomic E-state index is -0.369. The summed E-state index contributed by atoms with van der Waals surface area (Å²) < 4.78 is 3.19. The van der Waals surface area contributed by atoms with Gasteiger partial charge in [-0.3, -0.25) is 19.4 Å². The SMILES string of the molecule is Cc1cccn2c(=O)c3cc(C(=O)NCCc4ccccc4)c(=N)n(CCc4cccs4)c3nc12. The quantitative estimate of drug-likeness (QED) is 0.346. The number of carbonyl (C=O) groups is 1. The van der Waals surface area contributed by atoms with Gasteiger partial charge in [0.25, 0.3) is 11.5 Å². The fraction of sp³-hybridized carbons (Fsp3) is 0.185. The van der Waals surface area contributed by atoms with Crippen LogP contribution in [-0.4, -0.2) is 26.4 Å². The number of amides is 1. The standard InChI is InChI=1S/C27H25N5O2S/c1-18-7-5-14-32-24(18)30-25-22(27(32)34)17-21(23(28)31(25)15-12-20-10-6-16-35-20)26(33)29-13-11-19-8-3-2-4-9-19/h2-10,14,16-17,28H,11-13,15H2,1H3,(H,29,33). The number of nitrogens with one attached hydrogen (secondary N) is 2. The van der Waals surface area contributed by atoms with Gasteiger partial charge in [0, 0.05) is 24.2 Å². The zero-order chi connectivity index (χ0) is 24.4. The van der Waals surface area contributed by atoms with Crippen LogP contribution in [0.1, 0.15) is 26.4 Å². The van der Waals surface area contributed by atoms with E-state index >= 15 is 0 Å². The molecule has 5 aromatic rings. The summed E-state index contributed by atoms with van der Waals surface area (Å²) in [6.07, 6.45) is 3.04. The number of nitrogens with zero attached hydrogens (tertiary/aromatic N) is 3. The summed E-state index contributed by atoms with van der Waals surface area (Å²) in [5.41, 5.74) is 2.93. The van der Waals surface area contributed by atoms with Crippen molar-refractivity contribution >= 4 is 33.9 Å². The Labute approximate surface area is 205 Å². The topological polar surface area (TPSA) is 92.3 Å². The lowest BCUT2D eigenvalue weighted by Crippen LogP contribution is -2.36. The van der Waals surface area contributed by atoms with Crippen molar-refractivity contribution in [3.05, 3.63) is 110 Å². The summed E-state index contributed by atoms with van der Waals surface area (Å²) in [5.74, 6) is -0.369. The van der Waals surface area contributed by atoms with Crippen LogP contribution in [0.5, 0.6) is 0 Å². The fourth-order valence-electron chi connectivity index (χ4n) is 4.22. The third-order valence-electron chi connectivity index (χ3n) is 6.08. The summed E-state index contributed by atoms with van der Waals surface area (Å²) in [5, 5.41) is 14.1. The van der Waals surface area contributed by atoms with E-state index in [-0.39, 0.29) is 22.5 Å². The first-order chi connectivity index (χ1) is 17.0. The molecule has 0 spiro atoms. The van der Waals surface area contributed by atoms with Crippen molar-refractivity contribution in [3.63, 3.8) is 0 Å². The zero-order valence-corrected chi connectivity index (χ0v) is 20.1. The highest BCUT2D eigenvalue weighted by atomic mass is 32.1. The Morgan fingerprint density at radius 1 is 1.06 bits per heavy atom. The Hall–Kier alpha value is -4.04. The van der Waals surface area contributed by atoms with E-state index in [1.165, 1.54) is 10.5 Å². The van der Waals surface area contributed by atoms with Crippen LogP contribution in [0.3, 0.4) is 0 Å². The van der Waals surface area contributed by atoms with Crippen LogP contribution in [0.15, 0.2) is 77.0 Å². The molecule has 4 aromatic heterocycles. The molecular formula is C27H25N5O2S. The van der Waals surface area contributed by atoms with Crippen molar-refractivity contribution in [2.45, 2.75) is 26.3 Å². The Balaban J connectivity index is 1.58. The number of thiophene rings is 1. The summed E-state index contributed by atoms with van der Waals surface area (Å²) in [4.78, 5) is 32.5. The normalized spacial score (nSPS) is 11.2. The molecule has 4 heterocycles. The highest BCUT2D eigenvalue weighted by Crippen LogP contribution is 2.15. The van der Waals surface area contributed by atoms with E-state index in [2.05, 4.69) is 5.32 Å². The average Bonchev–Trinajstić information content (AvgIpc) is 3.38. The summed E-state index contributed by atoms with van der Waals surface area (Å²) in [7, 11) is 0. The fourth-order valence-corrected chi connectivity index (χ4v) is 4.92. The van der Waals surface area contributed by atoms with Crippen LogP contribution in [0.2, 0.25) is 0 Å². The molecule has 0 atom stereocenters. The van der Waals surface area contributed by atoms with E-state index in [9.17, 15) is 9.59 Å². The van der Waals surface area contributed by atoms with E-state index in [1.807, 2.05) is 60.8 Å². The lowest BCUT2D eigenvalue weighted by Gasteiger charge is -2.15. The third-order valence-corrected chi connectivity index (χ3v) is 7.02. The highest BCUT2D eigenvalue weighted by molar-refractivity contribution is 7.09. The Morgan fingerprint density at radius 3 is 2.66 bits per heavy atom. The maximum atomic E-state index is 13.4. The maximum absolute atomic E-state index is 13.4. The van der Waals surface area contributed by atoms with Crippen molar-refractivity contribution in [3.8, 4) is 0 Å². The molecule has 0 unspecified atom stereocenters. The Bertz CT molecular complexity index is 1640. The van der Waals surface area contributed by atoms with E-state index in [4.69, 9.17) is 10.4 Å². The van der Waals surface area contributed by atoms with Gasteiger partial charge < -0.3 is 9.88 Å². The minimum absolute atomic E-state index is 0.0519. The maximum Gasteiger partial charge on any atom is 0.267 e. The first kappa shape index (κ1) is 22.7. The number of aryl methyl sites for hydroxylation is 3. The molecule has 0 aliphatic rings. The van der Waals surface area contributed by atoms with E-state index in [0.717, 1.165) is 16.0 Å². The van der Waals surface area contributed by atoms with Gasteiger partial charge in [-0.2, -0.15) is 0 Å². The minimum Gasteiger partial charge on any atom is -0.352 e. The number of hydrogen-bond donors (Lipinski definition) is 2. The van der Waals surface area contributed by atoms with E-state index in [1.54, 1.807) is 28.2 Å². The highest BCUT2D eigenvalue weighted by Gasteiger charge is 2.18. The molecule has 1 aromatic carbocycles. The van der Waals surface area contributed by atoms with Crippen LogP contribution in [0.4, 0.5) is 0 Å². The molecule has 0 aliphatic carbocycles. The molecule has 2 N–H and O–H groups in total. The molecule has 176 valence electrons. The molecule has 0 saturated carbocycles. The molecule has 8 heteroatoms. The van der Waals surface area contributed by atoms with Gasteiger partial charge in [-0.05, 0) is 54.5 Å². The van der Waals surface area contributed by atoms with Crippen molar-refractivity contribution in [2.24, 2.45) is 0 Å². The van der Waals surface area contributed by atoms with Gasteiger partial charge in [-0.15, -0.1) is 11.3 Å². The molecular weight excluding hydrogens is 458 g/mol. The first-order valence-corrected chi connectivity index (χ1v) is 12.4.